The largest absolute Gasteiger partial charge is 0.478 e. The van der Waals surface area contributed by atoms with Crippen LogP contribution in [0.3, 0.4) is 0 Å². The molecule has 1 aliphatic heterocycles. The van der Waals surface area contributed by atoms with Gasteiger partial charge in [-0.05, 0) is 69.3 Å². The van der Waals surface area contributed by atoms with Crippen LogP contribution in [0.1, 0.15) is 74.2 Å². The third-order valence-electron chi connectivity index (χ3n) is 5.68. The standard InChI is InChI=1S/C22H34ClNO3/c1-2-3-4-7-21(25)20(23)14-16-24-15-5-6-19(24)13-10-17-8-11-18(12-9-17)22(26)27/h8-9,11-12,19-21,25H,2-7,10,13-16H2,1H3,(H,26,27)/t19?,20?,21-/m1/s1. The molecule has 3 atom stereocenters. The first kappa shape index (κ1) is 22.2. The fraction of sp³-hybridized carbons (Fsp3) is 0.682. The van der Waals surface area contributed by atoms with Gasteiger partial charge >= 0.3 is 5.97 Å². The van der Waals surface area contributed by atoms with Crippen LogP contribution >= 0.6 is 11.6 Å². The van der Waals surface area contributed by atoms with Crippen LogP contribution in [-0.4, -0.2) is 51.7 Å². The summed E-state index contributed by atoms with van der Waals surface area (Å²) < 4.78 is 0. The summed E-state index contributed by atoms with van der Waals surface area (Å²) in [7, 11) is 0. The van der Waals surface area contributed by atoms with E-state index in [1.54, 1.807) is 12.1 Å². The number of hydrogen-bond acceptors (Lipinski definition) is 3. The maximum atomic E-state index is 10.9. The molecule has 1 saturated heterocycles. The van der Waals surface area contributed by atoms with Crippen LogP contribution in [0.4, 0.5) is 0 Å². The van der Waals surface area contributed by atoms with Gasteiger partial charge in [-0.2, -0.15) is 0 Å². The first-order chi connectivity index (χ1) is 13.0. The Morgan fingerprint density at radius 3 is 2.67 bits per heavy atom. The second-order valence-electron chi connectivity index (χ2n) is 7.74. The number of carbonyl (C=O) groups is 1. The lowest BCUT2D eigenvalue weighted by molar-refractivity contribution is 0.0697. The quantitative estimate of drug-likeness (QED) is 0.397. The summed E-state index contributed by atoms with van der Waals surface area (Å²) in [5.41, 5.74) is 1.53. The molecule has 5 heteroatoms. The predicted octanol–water partition coefficient (Wildman–Crippen LogP) is 4.72. The van der Waals surface area contributed by atoms with Crippen molar-refractivity contribution in [1.82, 2.24) is 4.90 Å². The molecule has 4 nitrogen and oxygen atoms in total. The first-order valence-corrected chi connectivity index (χ1v) is 10.8. The van der Waals surface area contributed by atoms with Crippen molar-refractivity contribution in [2.24, 2.45) is 0 Å². The molecule has 0 bridgehead atoms. The molecule has 152 valence electrons. The molecule has 2 unspecified atom stereocenters. The van der Waals surface area contributed by atoms with Crippen LogP contribution in [0.2, 0.25) is 0 Å². The minimum Gasteiger partial charge on any atom is -0.478 e. The topological polar surface area (TPSA) is 60.8 Å². The molecule has 0 aliphatic carbocycles. The van der Waals surface area contributed by atoms with Crippen LogP contribution in [-0.2, 0) is 6.42 Å². The molecular formula is C22H34ClNO3. The Morgan fingerprint density at radius 1 is 1.26 bits per heavy atom. The highest BCUT2D eigenvalue weighted by molar-refractivity contribution is 6.21. The maximum Gasteiger partial charge on any atom is 0.335 e. The highest BCUT2D eigenvalue weighted by Crippen LogP contribution is 2.24. The Balaban J connectivity index is 1.73. The Bertz CT molecular complexity index is 563. The van der Waals surface area contributed by atoms with Crippen molar-refractivity contribution in [3.05, 3.63) is 35.4 Å². The fourth-order valence-corrected chi connectivity index (χ4v) is 4.15. The highest BCUT2D eigenvalue weighted by atomic mass is 35.5. The molecule has 0 amide bonds. The van der Waals surface area contributed by atoms with Crippen LogP contribution in [0.25, 0.3) is 0 Å². The van der Waals surface area contributed by atoms with Crippen molar-refractivity contribution >= 4 is 17.6 Å². The van der Waals surface area contributed by atoms with Crippen molar-refractivity contribution in [3.63, 3.8) is 0 Å². The second-order valence-corrected chi connectivity index (χ2v) is 8.30. The third kappa shape index (κ3) is 7.44. The summed E-state index contributed by atoms with van der Waals surface area (Å²) in [6.07, 6.45) is 9.07. The lowest BCUT2D eigenvalue weighted by Gasteiger charge is -2.26. The summed E-state index contributed by atoms with van der Waals surface area (Å²) >= 11 is 6.43. The van der Waals surface area contributed by atoms with E-state index < -0.39 is 12.1 Å². The number of alkyl halides is 1. The summed E-state index contributed by atoms with van der Waals surface area (Å²) in [6.45, 7) is 4.22. The number of aliphatic hydroxyl groups is 1. The van der Waals surface area contributed by atoms with E-state index in [4.69, 9.17) is 16.7 Å². The lowest BCUT2D eigenvalue weighted by Crippen LogP contribution is -2.34. The molecular weight excluding hydrogens is 362 g/mol. The van der Waals surface area contributed by atoms with E-state index >= 15 is 0 Å². The Kier molecular flexibility index (Phi) is 9.60. The van der Waals surface area contributed by atoms with Crippen LogP contribution in [0.15, 0.2) is 24.3 Å². The SMILES string of the molecule is CCCCC[C@@H](O)C(Cl)CCN1CCCC1CCc1ccc(C(=O)O)cc1. The van der Waals surface area contributed by atoms with Crippen molar-refractivity contribution in [2.75, 3.05) is 13.1 Å². The molecule has 2 rings (SSSR count). The molecule has 2 N–H and O–H groups in total. The number of carboxylic acids is 1. The van der Waals surface area contributed by atoms with Gasteiger partial charge in [-0.1, -0.05) is 38.3 Å². The number of aliphatic hydroxyl groups excluding tert-OH is 1. The van der Waals surface area contributed by atoms with E-state index in [0.29, 0.717) is 11.6 Å². The van der Waals surface area contributed by atoms with E-state index in [1.165, 1.54) is 18.4 Å². The molecule has 0 radical (unpaired) electrons. The van der Waals surface area contributed by atoms with Gasteiger partial charge in [0.25, 0.3) is 0 Å². The van der Waals surface area contributed by atoms with Crippen LogP contribution in [0, 0.1) is 0 Å². The van der Waals surface area contributed by atoms with Gasteiger partial charge < -0.3 is 15.1 Å². The zero-order valence-corrected chi connectivity index (χ0v) is 17.2. The van der Waals surface area contributed by atoms with Crippen LogP contribution in [0.5, 0.6) is 0 Å². The van der Waals surface area contributed by atoms with Gasteiger partial charge in [0.15, 0.2) is 0 Å². The number of hydrogen-bond donors (Lipinski definition) is 2. The van der Waals surface area contributed by atoms with Gasteiger partial charge in [-0.15, -0.1) is 11.6 Å². The number of benzene rings is 1. The van der Waals surface area contributed by atoms with E-state index in [1.807, 2.05) is 12.1 Å². The number of unbranched alkanes of at least 4 members (excludes halogenated alkanes) is 2. The van der Waals surface area contributed by atoms with Gasteiger partial charge in [0.05, 0.1) is 17.0 Å². The maximum absolute atomic E-state index is 10.9. The number of aromatic carboxylic acids is 1. The normalized spacial score (nSPS) is 19.9. The summed E-state index contributed by atoms with van der Waals surface area (Å²) in [6, 6.07) is 7.77. The molecule has 27 heavy (non-hydrogen) atoms. The second kappa shape index (κ2) is 11.7. The van der Waals surface area contributed by atoms with E-state index in [9.17, 15) is 9.90 Å². The van der Waals surface area contributed by atoms with E-state index in [2.05, 4.69) is 11.8 Å². The van der Waals surface area contributed by atoms with Gasteiger partial charge in [-0.25, -0.2) is 4.79 Å². The molecule has 1 heterocycles. The van der Waals surface area contributed by atoms with Gasteiger partial charge in [0.1, 0.15) is 0 Å². The van der Waals surface area contributed by atoms with Crippen LogP contribution < -0.4 is 0 Å². The number of carboxylic acid groups (broad SMARTS) is 1. The molecule has 1 aromatic carbocycles. The van der Waals surface area contributed by atoms with E-state index in [0.717, 1.165) is 58.0 Å². The van der Waals surface area contributed by atoms with E-state index in [-0.39, 0.29) is 5.38 Å². The minimum atomic E-state index is -0.879. The number of aryl methyl sites for hydroxylation is 1. The van der Waals surface area contributed by atoms with Crippen molar-refractivity contribution in [3.8, 4) is 0 Å². The van der Waals surface area contributed by atoms with Crippen molar-refractivity contribution in [1.29, 1.82) is 0 Å². The molecule has 1 aliphatic rings. The fourth-order valence-electron chi connectivity index (χ4n) is 3.93. The molecule has 0 saturated carbocycles. The molecule has 1 aromatic rings. The van der Waals surface area contributed by atoms with Crippen molar-refractivity contribution < 1.29 is 15.0 Å². The monoisotopic (exact) mass is 395 g/mol. The Hall–Kier alpha value is -1.10. The van der Waals surface area contributed by atoms with Gasteiger partial charge in [0, 0.05) is 6.04 Å². The summed E-state index contributed by atoms with van der Waals surface area (Å²) in [4.78, 5) is 13.4. The highest BCUT2D eigenvalue weighted by Gasteiger charge is 2.25. The summed E-state index contributed by atoms with van der Waals surface area (Å²) in [5.74, 6) is -0.879. The number of halogens is 1. The Morgan fingerprint density at radius 2 is 2.00 bits per heavy atom. The Labute approximate surface area is 168 Å². The van der Waals surface area contributed by atoms with Crippen molar-refractivity contribution in [2.45, 2.75) is 82.2 Å². The van der Waals surface area contributed by atoms with Gasteiger partial charge in [0.2, 0.25) is 0 Å². The molecule has 0 aromatic heterocycles. The zero-order valence-electron chi connectivity index (χ0n) is 16.4. The third-order valence-corrected chi connectivity index (χ3v) is 6.19. The molecule has 0 spiro atoms. The first-order valence-electron chi connectivity index (χ1n) is 10.4. The molecule has 1 fully saturated rings. The smallest absolute Gasteiger partial charge is 0.335 e. The zero-order chi connectivity index (χ0) is 19.6. The van der Waals surface area contributed by atoms with Gasteiger partial charge in [-0.3, -0.25) is 0 Å². The average Bonchev–Trinajstić information content (AvgIpc) is 3.12. The summed E-state index contributed by atoms with van der Waals surface area (Å²) in [5, 5.41) is 19.0. The number of nitrogens with zero attached hydrogens (tertiary/aromatic N) is 1. The number of likely N-dealkylation sites (tertiary alicyclic amines) is 1. The minimum absolute atomic E-state index is 0.160. The average molecular weight is 396 g/mol. The predicted molar refractivity (Wildman–Crippen MR) is 111 cm³/mol. The number of rotatable bonds is 12. The lowest BCUT2D eigenvalue weighted by atomic mass is 10.0.